The Morgan fingerprint density at radius 1 is 1.11 bits per heavy atom. The first-order valence-corrected chi connectivity index (χ1v) is 3.85. The normalized spacial score (nSPS) is 15.2. The van der Waals surface area contributed by atoms with Crippen molar-refractivity contribution in [2.75, 3.05) is 0 Å². The molecule has 0 bridgehead atoms. The molecule has 0 rings (SSSR count). The minimum absolute atomic E-state index is 0.707. The van der Waals surface area contributed by atoms with Crippen LogP contribution in [0.4, 0.5) is 0 Å². The van der Waals surface area contributed by atoms with Crippen molar-refractivity contribution in [3.8, 4) is 0 Å². The fourth-order valence-electron chi connectivity index (χ4n) is 0.548. The van der Waals surface area contributed by atoms with Crippen LogP contribution in [0, 0.1) is 11.8 Å². The molecule has 0 aliphatic heterocycles. The number of allylic oxidation sites excluding steroid dienone is 2. The summed E-state index contributed by atoms with van der Waals surface area (Å²) in [5.74, 6) is 1.46. The summed E-state index contributed by atoms with van der Waals surface area (Å²) in [6.07, 6.45) is 5.82. The molecule has 0 aromatic heterocycles. The third-order valence-corrected chi connectivity index (χ3v) is 1.47. The molecule has 0 saturated heterocycles. The van der Waals surface area contributed by atoms with Gasteiger partial charge in [0.15, 0.2) is 0 Å². The summed E-state index contributed by atoms with van der Waals surface area (Å²) in [7, 11) is 0. The van der Waals surface area contributed by atoms with Gasteiger partial charge in [-0.25, -0.2) is 0 Å². The van der Waals surface area contributed by atoms with Gasteiger partial charge in [0, 0.05) is 0 Å². The highest BCUT2D eigenvalue weighted by Gasteiger charge is 1.90. The van der Waals surface area contributed by atoms with Crippen molar-refractivity contribution in [2.24, 2.45) is 11.8 Å². The molecular weight excluding hydrogens is 108 g/mol. The highest BCUT2D eigenvalue weighted by molar-refractivity contribution is 4.87. The molecule has 0 fully saturated rings. The number of rotatable bonds is 3. The summed E-state index contributed by atoms with van der Waals surface area (Å²) in [5.41, 5.74) is 0. The van der Waals surface area contributed by atoms with Gasteiger partial charge in [-0.2, -0.15) is 0 Å². The molecule has 1 unspecified atom stereocenters. The minimum Gasteiger partial charge on any atom is -0.0857 e. The predicted molar refractivity (Wildman–Crippen MR) is 43.4 cm³/mol. The van der Waals surface area contributed by atoms with Gasteiger partial charge >= 0.3 is 0 Å². The van der Waals surface area contributed by atoms with Gasteiger partial charge < -0.3 is 0 Å². The zero-order valence-electron chi connectivity index (χ0n) is 7.02. The van der Waals surface area contributed by atoms with Crippen molar-refractivity contribution in [1.29, 1.82) is 0 Å². The van der Waals surface area contributed by atoms with Gasteiger partial charge in [-0.3, -0.25) is 0 Å². The third kappa shape index (κ3) is 5.61. The SMILES string of the molecule is CCC(C)/C=C/C(C)C. The Balaban J connectivity index is 3.43. The average Bonchev–Trinajstić information content (AvgIpc) is 1.83. The zero-order chi connectivity index (χ0) is 7.28. The van der Waals surface area contributed by atoms with Gasteiger partial charge in [0.25, 0.3) is 0 Å². The fraction of sp³-hybridized carbons (Fsp3) is 0.778. The highest BCUT2D eigenvalue weighted by atomic mass is 14.0. The molecule has 0 spiro atoms. The Bertz CT molecular complexity index is 80.0. The number of hydrogen-bond acceptors (Lipinski definition) is 0. The second-order valence-corrected chi connectivity index (χ2v) is 3.01. The van der Waals surface area contributed by atoms with Crippen molar-refractivity contribution >= 4 is 0 Å². The molecular formula is C9H18. The zero-order valence-corrected chi connectivity index (χ0v) is 7.02. The first kappa shape index (κ1) is 8.74. The molecule has 0 aromatic rings. The van der Waals surface area contributed by atoms with Gasteiger partial charge in [0.1, 0.15) is 0 Å². The van der Waals surface area contributed by atoms with Gasteiger partial charge in [-0.05, 0) is 11.8 Å². The second-order valence-electron chi connectivity index (χ2n) is 3.01. The topological polar surface area (TPSA) is 0 Å². The molecule has 1 atom stereocenters. The minimum atomic E-state index is 0.707. The van der Waals surface area contributed by atoms with Crippen molar-refractivity contribution < 1.29 is 0 Å². The van der Waals surface area contributed by atoms with E-state index in [1.54, 1.807) is 0 Å². The maximum Gasteiger partial charge on any atom is -0.0264 e. The Morgan fingerprint density at radius 2 is 1.67 bits per heavy atom. The van der Waals surface area contributed by atoms with E-state index in [4.69, 9.17) is 0 Å². The lowest BCUT2D eigenvalue weighted by molar-refractivity contribution is 0.686. The Kier molecular flexibility index (Phi) is 4.47. The monoisotopic (exact) mass is 126 g/mol. The summed E-state index contributed by atoms with van der Waals surface area (Å²) in [5, 5.41) is 0. The van der Waals surface area contributed by atoms with Crippen LogP contribution in [0.25, 0.3) is 0 Å². The summed E-state index contributed by atoms with van der Waals surface area (Å²) in [4.78, 5) is 0. The molecule has 0 amide bonds. The van der Waals surface area contributed by atoms with E-state index in [0.29, 0.717) is 5.92 Å². The molecule has 0 aliphatic carbocycles. The van der Waals surface area contributed by atoms with Crippen LogP contribution in [0.15, 0.2) is 12.2 Å². The van der Waals surface area contributed by atoms with E-state index >= 15 is 0 Å². The third-order valence-electron chi connectivity index (χ3n) is 1.47. The predicted octanol–water partition coefficient (Wildman–Crippen LogP) is 3.24. The van der Waals surface area contributed by atoms with Gasteiger partial charge in [-0.1, -0.05) is 46.3 Å². The molecule has 0 nitrogen and oxygen atoms in total. The fourth-order valence-corrected chi connectivity index (χ4v) is 0.548. The van der Waals surface area contributed by atoms with E-state index < -0.39 is 0 Å². The number of hydrogen-bond donors (Lipinski definition) is 0. The first-order chi connectivity index (χ1) is 4.16. The Hall–Kier alpha value is -0.260. The lowest BCUT2D eigenvalue weighted by atomic mass is 10.1. The molecule has 0 saturated carbocycles. The van der Waals surface area contributed by atoms with Gasteiger partial charge in [0.05, 0.1) is 0 Å². The van der Waals surface area contributed by atoms with Crippen molar-refractivity contribution in [3.63, 3.8) is 0 Å². The maximum atomic E-state index is 2.30. The summed E-state index contributed by atoms with van der Waals surface area (Å²) >= 11 is 0. The van der Waals surface area contributed by atoms with Crippen LogP contribution in [0.1, 0.15) is 34.1 Å². The smallest absolute Gasteiger partial charge is 0.0264 e. The maximum absolute atomic E-state index is 2.30. The van der Waals surface area contributed by atoms with E-state index in [-0.39, 0.29) is 0 Å². The van der Waals surface area contributed by atoms with Crippen molar-refractivity contribution in [3.05, 3.63) is 12.2 Å². The van der Waals surface area contributed by atoms with Gasteiger partial charge in [0.2, 0.25) is 0 Å². The molecule has 0 N–H and O–H groups in total. The Labute approximate surface area is 59.0 Å². The van der Waals surface area contributed by atoms with Crippen LogP contribution in [0.2, 0.25) is 0 Å². The first-order valence-electron chi connectivity index (χ1n) is 3.85. The largest absolute Gasteiger partial charge is 0.0857 e. The summed E-state index contributed by atoms with van der Waals surface area (Å²) < 4.78 is 0. The van der Waals surface area contributed by atoms with E-state index in [0.717, 1.165) is 5.92 Å². The quantitative estimate of drug-likeness (QED) is 0.509. The average molecular weight is 126 g/mol. The molecule has 0 aliphatic rings. The van der Waals surface area contributed by atoms with Crippen LogP contribution in [0.3, 0.4) is 0 Å². The molecule has 54 valence electrons. The second kappa shape index (κ2) is 4.60. The molecule has 0 heterocycles. The van der Waals surface area contributed by atoms with Crippen LogP contribution in [-0.2, 0) is 0 Å². The van der Waals surface area contributed by atoms with E-state index in [9.17, 15) is 0 Å². The van der Waals surface area contributed by atoms with Crippen LogP contribution in [0.5, 0.6) is 0 Å². The molecule has 0 heteroatoms. The van der Waals surface area contributed by atoms with Crippen molar-refractivity contribution in [1.82, 2.24) is 0 Å². The highest BCUT2D eigenvalue weighted by Crippen LogP contribution is 2.04. The summed E-state index contributed by atoms with van der Waals surface area (Å²) in [6.45, 7) is 8.88. The molecule has 9 heavy (non-hydrogen) atoms. The van der Waals surface area contributed by atoms with Crippen LogP contribution >= 0.6 is 0 Å². The van der Waals surface area contributed by atoms with Crippen LogP contribution in [-0.4, -0.2) is 0 Å². The standard InChI is InChI=1S/C9H18/c1-5-9(4)7-6-8(2)3/h6-9H,5H2,1-4H3/b7-6+. The van der Waals surface area contributed by atoms with E-state index in [2.05, 4.69) is 39.8 Å². The Morgan fingerprint density at radius 3 is 2.00 bits per heavy atom. The summed E-state index contributed by atoms with van der Waals surface area (Å²) in [6, 6.07) is 0. The molecule has 0 aromatic carbocycles. The molecule has 0 radical (unpaired) electrons. The van der Waals surface area contributed by atoms with E-state index in [1.165, 1.54) is 6.42 Å². The van der Waals surface area contributed by atoms with Crippen LogP contribution < -0.4 is 0 Å². The van der Waals surface area contributed by atoms with E-state index in [1.807, 2.05) is 0 Å². The van der Waals surface area contributed by atoms with Gasteiger partial charge in [-0.15, -0.1) is 0 Å². The van der Waals surface area contributed by atoms with Crippen molar-refractivity contribution in [2.45, 2.75) is 34.1 Å². The lowest BCUT2D eigenvalue weighted by Crippen LogP contribution is -1.86. The lowest BCUT2D eigenvalue weighted by Gasteiger charge is -2.00.